The van der Waals surface area contributed by atoms with Gasteiger partial charge in [-0.2, -0.15) is 5.10 Å². The van der Waals surface area contributed by atoms with Crippen LogP contribution >= 0.6 is 34.8 Å². The number of pyridine rings is 1. The fourth-order valence-electron chi connectivity index (χ4n) is 4.71. The second kappa shape index (κ2) is 10.6. The average Bonchev–Trinajstić information content (AvgIpc) is 3.31. The SMILES string of the molecule is CCc1cc(CC(=O)N[C@@H]2CC(C)(C)Oc3nc(-c4ccc(Cl)cc4Cl)c(-c4ccc(Cl)cc4)cc32)[nH]n1. The summed E-state index contributed by atoms with van der Waals surface area (Å²) >= 11 is 19.0. The Morgan fingerprint density at radius 2 is 1.79 bits per heavy atom. The third kappa shape index (κ3) is 5.68. The van der Waals surface area contributed by atoms with Crippen molar-refractivity contribution in [1.29, 1.82) is 0 Å². The quantitative estimate of drug-likeness (QED) is 0.250. The zero-order chi connectivity index (χ0) is 27.0. The summed E-state index contributed by atoms with van der Waals surface area (Å²) in [6.45, 7) is 6.00. The zero-order valence-electron chi connectivity index (χ0n) is 21.2. The van der Waals surface area contributed by atoms with E-state index in [-0.39, 0.29) is 18.4 Å². The number of hydrogen-bond acceptors (Lipinski definition) is 4. The molecule has 3 heterocycles. The van der Waals surface area contributed by atoms with Crippen LogP contribution in [0.3, 0.4) is 0 Å². The molecule has 0 aliphatic carbocycles. The zero-order valence-corrected chi connectivity index (χ0v) is 23.5. The lowest BCUT2D eigenvalue weighted by atomic mass is 9.88. The van der Waals surface area contributed by atoms with Crippen molar-refractivity contribution in [2.45, 2.75) is 51.7 Å². The van der Waals surface area contributed by atoms with Gasteiger partial charge in [-0.05, 0) is 68.3 Å². The largest absolute Gasteiger partial charge is 0.471 e. The fraction of sp³-hybridized carbons (Fsp3) is 0.276. The maximum Gasteiger partial charge on any atom is 0.226 e. The van der Waals surface area contributed by atoms with Crippen molar-refractivity contribution in [3.05, 3.63) is 86.6 Å². The van der Waals surface area contributed by atoms with Gasteiger partial charge in [-0.3, -0.25) is 9.89 Å². The monoisotopic (exact) mass is 568 g/mol. The molecular weight excluding hydrogens is 543 g/mol. The Hall–Kier alpha value is -3.06. The Bertz CT molecular complexity index is 1500. The van der Waals surface area contributed by atoms with Crippen LogP contribution in [0.25, 0.3) is 22.4 Å². The van der Waals surface area contributed by atoms with Gasteiger partial charge in [0, 0.05) is 38.9 Å². The Balaban J connectivity index is 1.58. The van der Waals surface area contributed by atoms with Crippen LogP contribution in [0.4, 0.5) is 0 Å². The van der Waals surface area contributed by atoms with Crippen molar-refractivity contribution in [1.82, 2.24) is 20.5 Å². The Morgan fingerprint density at radius 3 is 2.47 bits per heavy atom. The van der Waals surface area contributed by atoms with E-state index in [2.05, 4.69) is 15.5 Å². The molecule has 0 radical (unpaired) electrons. The molecule has 38 heavy (non-hydrogen) atoms. The molecule has 2 N–H and O–H groups in total. The Kier molecular flexibility index (Phi) is 7.40. The van der Waals surface area contributed by atoms with Crippen molar-refractivity contribution < 1.29 is 9.53 Å². The molecular formula is C29H27Cl3N4O2. The van der Waals surface area contributed by atoms with Crippen molar-refractivity contribution in [2.75, 3.05) is 0 Å². The van der Waals surface area contributed by atoms with Crippen LogP contribution in [0.2, 0.25) is 15.1 Å². The Labute approximate surface area is 236 Å². The molecule has 1 aliphatic rings. The molecule has 0 saturated heterocycles. The summed E-state index contributed by atoms with van der Waals surface area (Å²) in [5, 5.41) is 12.0. The molecule has 196 valence electrons. The number of rotatable bonds is 6. The predicted octanol–water partition coefficient (Wildman–Crippen LogP) is 7.62. The highest BCUT2D eigenvalue weighted by atomic mass is 35.5. The lowest BCUT2D eigenvalue weighted by Crippen LogP contribution is -2.42. The highest BCUT2D eigenvalue weighted by Crippen LogP contribution is 2.44. The van der Waals surface area contributed by atoms with E-state index in [0.29, 0.717) is 33.1 Å². The Morgan fingerprint density at radius 1 is 1.05 bits per heavy atom. The van der Waals surface area contributed by atoms with Crippen LogP contribution in [0, 0.1) is 0 Å². The van der Waals surface area contributed by atoms with Gasteiger partial charge in [0.15, 0.2) is 0 Å². The van der Waals surface area contributed by atoms with Crippen LogP contribution in [0.1, 0.15) is 50.2 Å². The number of fused-ring (bicyclic) bond motifs is 1. The molecule has 0 saturated carbocycles. The second-order valence-electron chi connectivity index (χ2n) is 10.0. The van der Waals surface area contributed by atoms with E-state index in [1.54, 1.807) is 12.1 Å². The number of aromatic amines is 1. The number of amides is 1. The molecule has 1 aliphatic heterocycles. The number of nitrogens with zero attached hydrogens (tertiary/aromatic N) is 2. The van der Waals surface area contributed by atoms with E-state index in [0.717, 1.165) is 40.1 Å². The van der Waals surface area contributed by atoms with Gasteiger partial charge in [-0.1, -0.05) is 53.9 Å². The van der Waals surface area contributed by atoms with Crippen molar-refractivity contribution >= 4 is 40.7 Å². The summed E-state index contributed by atoms with van der Waals surface area (Å²) in [6.07, 6.45) is 1.59. The molecule has 1 atom stereocenters. The first-order valence-corrected chi connectivity index (χ1v) is 13.5. The van der Waals surface area contributed by atoms with E-state index in [1.165, 1.54) is 0 Å². The smallest absolute Gasteiger partial charge is 0.226 e. The number of halogens is 3. The number of hydrogen-bond donors (Lipinski definition) is 2. The van der Waals surface area contributed by atoms with Gasteiger partial charge in [0.1, 0.15) is 5.60 Å². The summed E-state index contributed by atoms with van der Waals surface area (Å²) in [7, 11) is 0. The summed E-state index contributed by atoms with van der Waals surface area (Å²) < 4.78 is 6.33. The minimum atomic E-state index is -0.551. The summed E-state index contributed by atoms with van der Waals surface area (Å²) in [5.41, 5.74) is 5.08. The molecule has 9 heteroatoms. The lowest BCUT2D eigenvalue weighted by Gasteiger charge is -2.37. The van der Waals surface area contributed by atoms with Crippen LogP contribution in [0.5, 0.6) is 5.88 Å². The molecule has 5 rings (SSSR count). The van der Waals surface area contributed by atoms with Gasteiger partial charge in [-0.15, -0.1) is 0 Å². The molecule has 4 aromatic rings. The number of carbonyl (C=O) groups excluding carboxylic acids is 1. The first-order chi connectivity index (χ1) is 18.1. The average molecular weight is 570 g/mol. The first kappa shape index (κ1) is 26.5. The van der Waals surface area contributed by atoms with Crippen LogP contribution in [-0.4, -0.2) is 26.7 Å². The number of aromatic nitrogens is 3. The normalized spacial score (nSPS) is 16.0. The molecule has 2 aromatic carbocycles. The standard InChI is InChI=1S/C29H27Cl3N4O2/c1-4-19-12-20(36-35-19)13-26(37)33-25-15-29(2,3)38-28-23(25)14-22(16-5-7-17(30)8-6-16)27(34-28)21-10-9-18(31)11-24(21)32/h5-12,14,25H,4,13,15H2,1-3H3,(H,33,37)(H,35,36)/t25-/m1/s1. The van der Waals surface area contributed by atoms with Gasteiger partial charge in [0.2, 0.25) is 11.8 Å². The molecule has 0 bridgehead atoms. The molecule has 1 amide bonds. The van der Waals surface area contributed by atoms with Gasteiger partial charge >= 0.3 is 0 Å². The van der Waals surface area contributed by atoms with Crippen molar-refractivity contribution in [3.8, 4) is 28.3 Å². The molecule has 0 spiro atoms. The predicted molar refractivity (Wildman–Crippen MR) is 152 cm³/mol. The van der Waals surface area contributed by atoms with Crippen LogP contribution in [0.15, 0.2) is 54.6 Å². The second-order valence-corrected chi connectivity index (χ2v) is 11.3. The van der Waals surface area contributed by atoms with Gasteiger partial charge < -0.3 is 10.1 Å². The van der Waals surface area contributed by atoms with E-state index >= 15 is 0 Å². The number of benzene rings is 2. The number of nitrogens with one attached hydrogen (secondary N) is 2. The van der Waals surface area contributed by atoms with Crippen molar-refractivity contribution in [3.63, 3.8) is 0 Å². The van der Waals surface area contributed by atoms with Crippen LogP contribution < -0.4 is 10.1 Å². The number of aryl methyl sites for hydroxylation is 1. The maximum atomic E-state index is 13.1. The fourth-order valence-corrected chi connectivity index (χ4v) is 5.34. The minimum absolute atomic E-state index is 0.109. The van der Waals surface area contributed by atoms with E-state index in [9.17, 15) is 4.79 Å². The van der Waals surface area contributed by atoms with Gasteiger partial charge in [0.25, 0.3) is 0 Å². The number of carbonyl (C=O) groups is 1. The highest BCUT2D eigenvalue weighted by Gasteiger charge is 2.37. The molecule has 0 fully saturated rings. The van der Waals surface area contributed by atoms with Crippen molar-refractivity contribution in [2.24, 2.45) is 0 Å². The third-order valence-electron chi connectivity index (χ3n) is 6.53. The lowest BCUT2D eigenvalue weighted by molar-refractivity contribution is -0.121. The molecule has 6 nitrogen and oxygen atoms in total. The van der Waals surface area contributed by atoms with E-state index < -0.39 is 5.60 Å². The first-order valence-electron chi connectivity index (χ1n) is 12.4. The highest BCUT2D eigenvalue weighted by molar-refractivity contribution is 6.36. The summed E-state index contributed by atoms with van der Waals surface area (Å²) in [5.74, 6) is 0.350. The van der Waals surface area contributed by atoms with E-state index in [1.807, 2.05) is 63.2 Å². The summed E-state index contributed by atoms with van der Waals surface area (Å²) in [6, 6.07) is 16.5. The molecule has 0 unspecified atom stereocenters. The maximum absolute atomic E-state index is 13.1. The summed E-state index contributed by atoms with van der Waals surface area (Å²) in [4.78, 5) is 18.1. The van der Waals surface area contributed by atoms with Gasteiger partial charge in [0.05, 0.1) is 28.9 Å². The number of ether oxygens (including phenoxy) is 1. The molecule has 2 aromatic heterocycles. The van der Waals surface area contributed by atoms with Gasteiger partial charge in [-0.25, -0.2) is 4.98 Å². The minimum Gasteiger partial charge on any atom is -0.471 e. The topological polar surface area (TPSA) is 79.9 Å². The van der Waals surface area contributed by atoms with Crippen LogP contribution in [-0.2, 0) is 17.6 Å². The number of H-pyrrole nitrogens is 1. The van der Waals surface area contributed by atoms with E-state index in [4.69, 9.17) is 44.5 Å². The third-order valence-corrected chi connectivity index (χ3v) is 7.33.